The van der Waals surface area contributed by atoms with Crippen molar-refractivity contribution in [2.75, 3.05) is 26.5 Å². The van der Waals surface area contributed by atoms with Crippen LogP contribution in [0.3, 0.4) is 0 Å². The highest BCUT2D eigenvalue weighted by Gasteiger charge is 2.20. The number of nitrogens with one attached hydrogen (secondary N) is 1. The van der Waals surface area contributed by atoms with Crippen LogP contribution in [0, 0.1) is 0 Å². The molecule has 0 bridgehead atoms. The van der Waals surface area contributed by atoms with Crippen molar-refractivity contribution < 1.29 is 17.9 Å². The van der Waals surface area contributed by atoms with Gasteiger partial charge < -0.3 is 10.1 Å². The molecule has 1 N–H and O–H groups in total. The first-order chi connectivity index (χ1) is 12.4. The van der Waals surface area contributed by atoms with E-state index in [1.54, 1.807) is 31.4 Å². The van der Waals surface area contributed by atoms with Gasteiger partial charge in [0, 0.05) is 13.1 Å². The summed E-state index contributed by atoms with van der Waals surface area (Å²) < 4.78 is 30.3. The fourth-order valence-corrected chi connectivity index (χ4v) is 3.17. The molecule has 26 heavy (non-hydrogen) atoms. The van der Waals surface area contributed by atoms with Crippen LogP contribution >= 0.6 is 0 Å². The molecule has 140 valence electrons. The molecule has 0 aromatic heterocycles. The van der Waals surface area contributed by atoms with Gasteiger partial charge in [-0.2, -0.15) is 4.31 Å². The van der Waals surface area contributed by atoms with Crippen LogP contribution in [0.25, 0.3) is 0 Å². The first-order valence-corrected chi connectivity index (χ1v) is 10.1. The molecule has 0 radical (unpaired) electrons. The predicted octanol–water partition coefficient (Wildman–Crippen LogP) is 1.82. The average Bonchev–Trinajstić information content (AvgIpc) is 2.62. The van der Waals surface area contributed by atoms with Gasteiger partial charge in [0.05, 0.1) is 19.9 Å². The van der Waals surface area contributed by atoms with E-state index in [1.165, 1.54) is 0 Å². The first kappa shape index (κ1) is 19.9. The van der Waals surface area contributed by atoms with E-state index in [2.05, 4.69) is 5.32 Å². The number of carbonyl (C=O) groups excluding carboxylic acids is 1. The second-order valence-corrected chi connectivity index (χ2v) is 7.95. The SMILES string of the molecule is COc1ccc(CN(CC(=O)NCCc2ccccc2)S(C)(=O)=O)cc1. The Morgan fingerprint density at radius 1 is 1.04 bits per heavy atom. The van der Waals surface area contributed by atoms with E-state index in [0.29, 0.717) is 18.7 Å². The van der Waals surface area contributed by atoms with Gasteiger partial charge in [0.1, 0.15) is 5.75 Å². The number of nitrogens with zero attached hydrogens (tertiary/aromatic N) is 1. The van der Waals surface area contributed by atoms with Crippen LogP contribution in [0.1, 0.15) is 11.1 Å². The van der Waals surface area contributed by atoms with Crippen molar-refractivity contribution in [1.82, 2.24) is 9.62 Å². The summed E-state index contributed by atoms with van der Waals surface area (Å²) in [5.41, 5.74) is 1.90. The summed E-state index contributed by atoms with van der Waals surface area (Å²) >= 11 is 0. The van der Waals surface area contributed by atoms with Gasteiger partial charge in [-0.25, -0.2) is 8.42 Å². The van der Waals surface area contributed by atoms with Gasteiger partial charge in [-0.05, 0) is 29.7 Å². The molecule has 1 amide bonds. The molecule has 0 aliphatic rings. The Morgan fingerprint density at radius 3 is 2.27 bits per heavy atom. The van der Waals surface area contributed by atoms with Crippen LogP contribution in [0.5, 0.6) is 5.75 Å². The molecule has 6 nitrogen and oxygen atoms in total. The lowest BCUT2D eigenvalue weighted by atomic mass is 10.1. The van der Waals surface area contributed by atoms with Gasteiger partial charge in [0.25, 0.3) is 0 Å². The van der Waals surface area contributed by atoms with Crippen molar-refractivity contribution in [2.45, 2.75) is 13.0 Å². The zero-order chi connectivity index (χ0) is 19.0. The van der Waals surface area contributed by atoms with Crippen LogP contribution in [0.15, 0.2) is 54.6 Å². The minimum atomic E-state index is -3.51. The predicted molar refractivity (Wildman–Crippen MR) is 101 cm³/mol. The van der Waals surface area contributed by atoms with E-state index >= 15 is 0 Å². The van der Waals surface area contributed by atoms with E-state index in [0.717, 1.165) is 21.7 Å². The quantitative estimate of drug-likeness (QED) is 0.724. The van der Waals surface area contributed by atoms with Crippen LogP contribution < -0.4 is 10.1 Å². The summed E-state index contributed by atoms with van der Waals surface area (Å²) in [7, 11) is -1.94. The average molecular weight is 376 g/mol. The van der Waals surface area contributed by atoms with Gasteiger partial charge >= 0.3 is 0 Å². The Hall–Kier alpha value is -2.38. The maximum absolute atomic E-state index is 12.1. The molecule has 0 heterocycles. The number of benzene rings is 2. The number of hydrogen-bond acceptors (Lipinski definition) is 4. The van der Waals surface area contributed by atoms with Crippen molar-refractivity contribution in [1.29, 1.82) is 0 Å². The van der Waals surface area contributed by atoms with Crippen molar-refractivity contribution in [3.63, 3.8) is 0 Å². The molecule has 7 heteroatoms. The molecule has 0 saturated carbocycles. The van der Waals surface area contributed by atoms with E-state index in [9.17, 15) is 13.2 Å². The molecule has 0 aliphatic carbocycles. The monoisotopic (exact) mass is 376 g/mol. The lowest BCUT2D eigenvalue weighted by Crippen LogP contribution is -2.40. The zero-order valence-corrected chi connectivity index (χ0v) is 15.8. The second kappa shape index (κ2) is 9.35. The summed E-state index contributed by atoms with van der Waals surface area (Å²) in [6, 6.07) is 16.9. The topological polar surface area (TPSA) is 75.7 Å². The largest absolute Gasteiger partial charge is 0.497 e. The molecule has 0 spiro atoms. The minimum Gasteiger partial charge on any atom is -0.497 e. The van der Waals surface area contributed by atoms with Gasteiger partial charge in [-0.1, -0.05) is 42.5 Å². The summed E-state index contributed by atoms with van der Waals surface area (Å²) in [5.74, 6) is 0.373. The van der Waals surface area contributed by atoms with Crippen molar-refractivity contribution >= 4 is 15.9 Å². The molecule has 2 aromatic carbocycles. The number of ether oxygens (including phenoxy) is 1. The number of methoxy groups -OCH3 is 1. The molecule has 0 unspecified atom stereocenters. The Bertz CT molecular complexity index is 805. The van der Waals surface area contributed by atoms with Gasteiger partial charge in [0.15, 0.2) is 0 Å². The lowest BCUT2D eigenvalue weighted by molar-refractivity contribution is -0.121. The summed E-state index contributed by atoms with van der Waals surface area (Å²) in [4.78, 5) is 12.1. The minimum absolute atomic E-state index is 0.134. The molecule has 0 saturated heterocycles. The second-order valence-electron chi connectivity index (χ2n) is 5.96. The van der Waals surface area contributed by atoms with Gasteiger partial charge in [-0.3, -0.25) is 4.79 Å². The fraction of sp³-hybridized carbons (Fsp3) is 0.316. The molecular weight excluding hydrogens is 352 g/mol. The van der Waals surface area contributed by atoms with Crippen LogP contribution in [-0.2, 0) is 27.8 Å². The van der Waals surface area contributed by atoms with E-state index in [4.69, 9.17) is 4.74 Å². The number of sulfonamides is 1. The molecule has 0 atom stereocenters. The summed E-state index contributed by atoms with van der Waals surface area (Å²) in [5, 5.41) is 2.77. The molecular formula is C19H24N2O4S. The van der Waals surface area contributed by atoms with E-state index in [1.807, 2.05) is 30.3 Å². The highest BCUT2D eigenvalue weighted by Crippen LogP contribution is 2.14. The maximum Gasteiger partial charge on any atom is 0.235 e. The summed E-state index contributed by atoms with van der Waals surface area (Å²) in [6.45, 7) is 0.386. The standard InChI is InChI=1S/C19H24N2O4S/c1-25-18-10-8-17(9-11-18)14-21(26(2,23)24)15-19(22)20-13-12-16-6-4-3-5-7-16/h3-11H,12-15H2,1-2H3,(H,20,22). The van der Waals surface area contributed by atoms with Crippen LogP contribution in [0.4, 0.5) is 0 Å². The fourth-order valence-electron chi connectivity index (χ4n) is 2.43. The Balaban J connectivity index is 1.91. The normalized spacial score (nSPS) is 11.3. The third-order valence-corrected chi connectivity index (χ3v) is 5.08. The van der Waals surface area contributed by atoms with Gasteiger partial charge in [0.2, 0.25) is 15.9 Å². The molecule has 0 aliphatic heterocycles. The Morgan fingerprint density at radius 2 is 1.69 bits per heavy atom. The Labute approximate surface area is 154 Å². The maximum atomic E-state index is 12.1. The van der Waals surface area contributed by atoms with Crippen LogP contribution in [-0.4, -0.2) is 45.1 Å². The van der Waals surface area contributed by atoms with E-state index in [-0.39, 0.29) is 19.0 Å². The first-order valence-electron chi connectivity index (χ1n) is 8.27. The molecule has 0 fully saturated rings. The lowest BCUT2D eigenvalue weighted by Gasteiger charge is -2.19. The summed E-state index contributed by atoms with van der Waals surface area (Å²) in [6.07, 6.45) is 1.80. The third kappa shape index (κ3) is 6.50. The van der Waals surface area contributed by atoms with Crippen molar-refractivity contribution in [2.24, 2.45) is 0 Å². The van der Waals surface area contributed by atoms with E-state index < -0.39 is 10.0 Å². The highest BCUT2D eigenvalue weighted by molar-refractivity contribution is 7.88. The number of hydrogen-bond donors (Lipinski definition) is 1. The highest BCUT2D eigenvalue weighted by atomic mass is 32.2. The molecule has 2 aromatic rings. The number of carbonyl (C=O) groups is 1. The molecule has 2 rings (SSSR count). The number of rotatable bonds is 9. The zero-order valence-electron chi connectivity index (χ0n) is 15.0. The third-order valence-electron chi connectivity index (χ3n) is 3.89. The van der Waals surface area contributed by atoms with Crippen molar-refractivity contribution in [3.05, 3.63) is 65.7 Å². The number of amides is 1. The smallest absolute Gasteiger partial charge is 0.235 e. The van der Waals surface area contributed by atoms with Crippen LogP contribution in [0.2, 0.25) is 0 Å². The Kier molecular flexibility index (Phi) is 7.17. The van der Waals surface area contributed by atoms with Gasteiger partial charge in [-0.15, -0.1) is 0 Å². The van der Waals surface area contributed by atoms with Crippen molar-refractivity contribution in [3.8, 4) is 5.75 Å².